The topological polar surface area (TPSA) is 41.6 Å². The van der Waals surface area contributed by atoms with Crippen LogP contribution in [0.1, 0.15) is 59.3 Å². The standard InChI is InChI=1S/C19H34N2O2/c1-19(2,3)23-18(22)21(4)7-5-6-20-17-15-9-13-8-14(11-15)12-16(17)10-13/h13-17,20H,5-12H2,1-4H3. The summed E-state index contributed by atoms with van der Waals surface area (Å²) in [5.74, 6) is 3.92. The maximum atomic E-state index is 11.9. The van der Waals surface area contributed by atoms with Crippen LogP contribution in [-0.2, 0) is 4.74 Å². The number of amides is 1. The monoisotopic (exact) mass is 322 g/mol. The van der Waals surface area contributed by atoms with Crippen LogP contribution in [0.4, 0.5) is 4.79 Å². The number of hydrogen-bond acceptors (Lipinski definition) is 3. The molecule has 0 heterocycles. The van der Waals surface area contributed by atoms with Crippen molar-refractivity contribution >= 4 is 6.09 Å². The molecule has 4 heteroatoms. The molecule has 0 saturated heterocycles. The lowest BCUT2D eigenvalue weighted by Crippen LogP contribution is -2.54. The smallest absolute Gasteiger partial charge is 0.410 e. The van der Waals surface area contributed by atoms with E-state index in [9.17, 15) is 4.79 Å². The molecule has 4 aliphatic carbocycles. The molecule has 4 saturated carbocycles. The van der Waals surface area contributed by atoms with Gasteiger partial charge in [-0.15, -0.1) is 0 Å². The van der Waals surface area contributed by atoms with Crippen LogP contribution in [0.3, 0.4) is 0 Å². The molecule has 0 aromatic heterocycles. The third-order valence-electron chi connectivity index (χ3n) is 5.98. The molecule has 0 radical (unpaired) electrons. The maximum Gasteiger partial charge on any atom is 0.410 e. The quantitative estimate of drug-likeness (QED) is 0.786. The fourth-order valence-electron chi connectivity index (χ4n) is 5.27. The third-order valence-corrected chi connectivity index (χ3v) is 5.98. The van der Waals surface area contributed by atoms with E-state index in [4.69, 9.17) is 4.74 Å². The van der Waals surface area contributed by atoms with Crippen LogP contribution in [0.15, 0.2) is 0 Å². The Kier molecular flexibility index (Phi) is 4.91. The van der Waals surface area contributed by atoms with Gasteiger partial charge in [-0.1, -0.05) is 0 Å². The molecule has 4 aliphatic rings. The summed E-state index contributed by atoms with van der Waals surface area (Å²) < 4.78 is 5.39. The first-order chi connectivity index (χ1) is 10.8. The molecule has 0 unspecified atom stereocenters. The minimum atomic E-state index is -0.413. The summed E-state index contributed by atoms with van der Waals surface area (Å²) in [6.07, 6.45) is 8.14. The first kappa shape index (κ1) is 17.1. The lowest BCUT2D eigenvalue weighted by molar-refractivity contribution is -0.0138. The van der Waals surface area contributed by atoms with Crippen molar-refractivity contribution in [3.8, 4) is 0 Å². The largest absolute Gasteiger partial charge is 0.444 e. The maximum absolute atomic E-state index is 11.9. The lowest BCUT2D eigenvalue weighted by Gasteiger charge is -2.54. The molecule has 1 amide bonds. The summed E-state index contributed by atoms with van der Waals surface area (Å²) in [5, 5.41) is 3.83. The van der Waals surface area contributed by atoms with Gasteiger partial charge in [-0.3, -0.25) is 0 Å². The SMILES string of the molecule is CN(CCCNC1C2CC3CC(C2)CC1C3)C(=O)OC(C)(C)C. The molecular weight excluding hydrogens is 288 g/mol. The molecule has 132 valence electrons. The Morgan fingerprint density at radius 3 is 2.17 bits per heavy atom. The molecule has 4 rings (SSSR count). The molecule has 1 N–H and O–H groups in total. The molecule has 0 aromatic rings. The Morgan fingerprint density at radius 1 is 1.09 bits per heavy atom. The number of nitrogens with zero attached hydrogens (tertiary/aromatic N) is 1. The van der Waals surface area contributed by atoms with Crippen molar-refractivity contribution in [3.05, 3.63) is 0 Å². The van der Waals surface area contributed by atoms with Gasteiger partial charge in [0, 0.05) is 19.6 Å². The van der Waals surface area contributed by atoms with E-state index in [0.29, 0.717) is 0 Å². The molecular formula is C19H34N2O2. The van der Waals surface area contributed by atoms with E-state index in [1.54, 1.807) is 4.90 Å². The Hall–Kier alpha value is -0.770. The minimum Gasteiger partial charge on any atom is -0.444 e. The number of carbonyl (C=O) groups excluding carboxylic acids is 1. The van der Waals surface area contributed by atoms with Gasteiger partial charge in [-0.05, 0) is 89.5 Å². The molecule has 0 atom stereocenters. The van der Waals surface area contributed by atoms with Crippen LogP contribution in [0.25, 0.3) is 0 Å². The zero-order chi connectivity index (χ0) is 16.6. The van der Waals surface area contributed by atoms with E-state index in [0.717, 1.165) is 49.2 Å². The highest BCUT2D eigenvalue weighted by atomic mass is 16.6. The number of nitrogens with one attached hydrogen (secondary N) is 1. The normalized spacial score (nSPS) is 35.4. The number of hydrogen-bond donors (Lipinski definition) is 1. The fourth-order valence-corrected chi connectivity index (χ4v) is 5.27. The van der Waals surface area contributed by atoms with Crippen LogP contribution < -0.4 is 5.32 Å². The molecule has 4 fully saturated rings. The van der Waals surface area contributed by atoms with Crippen molar-refractivity contribution in [3.63, 3.8) is 0 Å². The first-order valence-corrected chi connectivity index (χ1v) is 9.49. The van der Waals surface area contributed by atoms with Gasteiger partial charge in [0.1, 0.15) is 5.60 Å². The van der Waals surface area contributed by atoms with Gasteiger partial charge < -0.3 is 15.0 Å². The number of rotatable bonds is 5. The molecule has 4 bridgehead atoms. The molecule has 4 nitrogen and oxygen atoms in total. The van der Waals surface area contributed by atoms with Gasteiger partial charge in [0.2, 0.25) is 0 Å². The van der Waals surface area contributed by atoms with Gasteiger partial charge in [-0.2, -0.15) is 0 Å². The average Bonchev–Trinajstić information content (AvgIpc) is 2.42. The zero-order valence-corrected chi connectivity index (χ0v) is 15.3. The molecule has 0 aliphatic heterocycles. The van der Waals surface area contributed by atoms with E-state index in [1.807, 2.05) is 27.8 Å². The molecule has 23 heavy (non-hydrogen) atoms. The van der Waals surface area contributed by atoms with Crippen LogP contribution >= 0.6 is 0 Å². The molecule has 0 aromatic carbocycles. The zero-order valence-electron chi connectivity index (χ0n) is 15.3. The van der Waals surface area contributed by atoms with Crippen molar-refractivity contribution in [2.24, 2.45) is 23.7 Å². The van der Waals surface area contributed by atoms with Crippen LogP contribution in [0.5, 0.6) is 0 Å². The van der Waals surface area contributed by atoms with E-state index in [-0.39, 0.29) is 6.09 Å². The second-order valence-electron chi connectivity index (χ2n) is 9.17. The highest BCUT2D eigenvalue weighted by Crippen LogP contribution is 2.53. The Morgan fingerprint density at radius 2 is 1.65 bits per heavy atom. The minimum absolute atomic E-state index is 0.216. The van der Waals surface area contributed by atoms with Gasteiger partial charge >= 0.3 is 6.09 Å². The van der Waals surface area contributed by atoms with Crippen LogP contribution in [0.2, 0.25) is 0 Å². The van der Waals surface area contributed by atoms with E-state index in [2.05, 4.69) is 5.32 Å². The molecule has 0 spiro atoms. The predicted octanol–water partition coefficient (Wildman–Crippen LogP) is 3.66. The van der Waals surface area contributed by atoms with Gasteiger partial charge in [0.05, 0.1) is 0 Å². The Labute approximate surface area is 141 Å². The summed E-state index contributed by atoms with van der Waals surface area (Å²) in [6, 6.07) is 0.745. The predicted molar refractivity (Wildman–Crippen MR) is 92.3 cm³/mol. The highest BCUT2D eigenvalue weighted by Gasteiger charge is 2.47. The van der Waals surface area contributed by atoms with E-state index in [1.165, 1.54) is 32.1 Å². The number of ether oxygens (including phenoxy) is 1. The summed E-state index contributed by atoms with van der Waals surface area (Å²) in [4.78, 5) is 13.6. The third kappa shape index (κ3) is 4.20. The lowest BCUT2D eigenvalue weighted by atomic mass is 9.54. The first-order valence-electron chi connectivity index (χ1n) is 9.49. The van der Waals surface area contributed by atoms with Crippen molar-refractivity contribution in [1.29, 1.82) is 0 Å². The fraction of sp³-hybridized carbons (Fsp3) is 0.947. The Balaban J connectivity index is 1.36. The highest BCUT2D eigenvalue weighted by molar-refractivity contribution is 5.67. The second kappa shape index (κ2) is 6.62. The Bertz CT molecular complexity index is 402. The average molecular weight is 322 g/mol. The van der Waals surface area contributed by atoms with Crippen LogP contribution in [-0.4, -0.2) is 42.8 Å². The van der Waals surface area contributed by atoms with Gasteiger partial charge in [-0.25, -0.2) is 4.79 Å². The number of carbonyl (C=O) groups is 1. The van der Waals surface area contributed by atoms with Crippen molar-refractivity contribution < 1.29 is 9.53 Å². The van der Waals surface area contributed by atoms with Gasteiger partial charge in [0.25, 0.3) is 0 Å². The van der Waals surface area contributed by atoms with Crippen molar-refractivity contribution in [1.82, 2.24) is 10.2 Å². The van der Waals surface area contributed by atoms with Gasteiger partial charge in [0.15, 0.2) is 0 Å². The summed E-state index contributed by atoms with van der Waals surface area (Å²) in [7, 11) is 1.83. The summed E-state index contributed by atoms with van der Waals surface area (Å²) in [5.41, 5.74) is -0.413. The van der Waals surface area contributed by atoms with Crippen LogP contribution in [0, 0.1) is 23.7 Å². The second-order valence-corrected chi connectivity index (χ2v) is 9.17. The summed E-state index contributed by atoms with van der Waals surface area (Å²) in [6.45, 7) is 7.50. The van der Waals surface area contributed by atoms with E-state index >= 15 is 0 Å². The summed E-state index contributed by atoms with van der Waals surface area (Å²) >= 11 is 0. The van der Waals surface area contributed by atoms with Crippen molar-refractivity contribution in [2.75, 3.05) is 20.1 Å². The van der Waals surface area contributed by atoms with E-state index < -0.39 is 5.60 Å². The van der Waals surface area contributed by atoms with Crippen molar-refractivity contribution in [2.45, 2.75) is 70.9 Å².